The van der Waals surface area contributed by atoms with Gasteiger partial charge in [-0.25, -0.2) is 4.98 Å². The summed E-state index contributed by atoms with van der Waals surface area (Å²) in [4.78, 5) is 34.9. The number of carbonyl (C=O) groups excluding carboxylic acids is 2. The normalized spacial score (nSPS) is 22.1. The van der Waals surface area contributed by atoms with Gasteiger partial charge in [0.2, 0.25) is 0 Å². The number of hydrogen-bond acceptors (Lipinski definition) is 12. The molecule has 41 heavy (non-hydrogen) atoms. The van der Waals surface area contributed by atoms with Crippen LogP contribution in [0.1, 0.15) is 30.7 Å². The Bertz CT molecular complexity index is 1450. The molecule has 1 saturated heterocycles. The predicted molar refractivity (Wildman–Crippen MR) is 149 cm³/mol. The van der Waals surface area contributed by atoms with Crippen LogP contribution in [0.3, 0.4) is 0 Å². The average Bonchev–Trinajstić information content (AvgIpc) is 3.32. The molecule has 224 valence electrons. The molecule has 0 saturated carbocycles. The van der Waals surface area contributed by atoms with Crippen molar-refractivity contribution < 1.29 is 40.9 Å². The largest absolute Gasteiger partial charge is 0.490 e. The summed E-state index contributed by atoms with van der Waals surface area (Å²) in [5.41, 5.74) is 12.6. The molecule has 0 aliphatic carbocycles. The molecular weight excluding hydrogens is 578 g/mol. The van der Waals surface area contributed by atoms with Crippen LogP contribution in [-0.4, -0.2) is 96.5 Å². The van der Waals surface area contributed by atoms with Crippen LogP contribution in [0, 0.1) is 0 Å². The summed E-state index contributed by atoms with van der Waals surface area (Å²) in [5.74, 6) is -1.01. The minimum atomic E-state index is -4.94. The number of likely N-dealkylation sites (N-methyl/N-ethyl adjacent to an activating group) is 1. The molecule has 2 aromatic rings. The van der Waals surface area contributed by atoms with E-state index >= 15 is 0 Å². The molecule has 2 aliphatic heterocycles. The van der Waals surface area contributed by atoms with Crippen molar-refractivity contribution in [3.8, 4) is 5.75 Å². The lowest BCUT2D eigenvalue weighted by molar-refractivity contribution is -0.923. The average molecular weight is 613 g/mol. The van der Waals surface area contributed by atoms with Gasteiger partial charge in [-0.15, -0.1) is 15.6 Å². The number of nitrogen functional groups attached to an aromatic ring is 1. The second-order valence-corrected chi connectivity index (χ2v) is 12.5. The number of β-lactam (4-membered cyclic amide) rings is 1. The van der Waals surface area contributed by atoms with Crippen LogP contribution in [-0.2, 0) is 42.1 Å². The molecule has 2 amide bonds. The molecule has 3 heterocycles. The molecule has 1 fully saturated rings. The van der Waals surface area contributed by atoms with E-state index in [9.17, 15) is 18.0 Å². The number of amides is 2. The lowest BCUT2D eigenvalue weighted by atomic mass is 9.84. The van der Waals surface area contributed by atoms with Crippen molar-refractivity contribution in [3.05, 3.63) is 40.4 Å². The third kappa shape index (κ3) is 7.11. The number of hydroxylamine groups is 2. The van der Waals surface area contributed by atoms with Crippen molar-refractivity contribution in [1.82, 2.24) is 15.4 Å². The summed E-state index contributed by atoms with van der Waals surface area (Å²) in [6.45, 7) is 6.53. The number of nitrogens with two attached hydrogens (primary N) is 2. The maximum absolute atomic E-state index is 13.1. The van der Waals surface area contributed by atoms with Crippen LogP contribution in [0.2, 0.25) is 0 Å². The van der Waals surface area contributed by atoms with Gasteiger partial charge in [-0.2, -0.15) is 13.5 Å². The second kappa shape index (κ2) is 11.9. The number of quaternary nitrogens is 1. The quantitative estimate of drug-likeness (QED) is 0.0617. The molecule has 1 aromatic carbocycles. The number of fused-ring (bicyclic) bond motifs is 1. The lowest BCUT2D eigenvalue weighted by Crippen LogP contribution is -2.76. The first-order valence-corrected chi connectivity index (χ1v) is 15.0. The van der Waals surface area contributed by atoms with Crippen LogP contribution in [0.5, 0.6) is 5.75 Å². The first-order valence-electron chi connectivity index (χ1n) is 12.7. The summed E-state index contributed by atoms with van der Waals surface area (Å²) in [6, 6.07) is 4.81. The van der Waals surface area contributed by atoms with E-state index in [1.54, 1.807) is 0 Å². The third-order valence-corrected chi connectivity index (χ3v) is 8.03. The summed E-state index contributed by atoms with van der Waals surface area (Å²) in [6.07, 6.45) is 0.930. The molecule has 15 nitrogen and oxygen atoms in total. The second-order valence-electron chi connectivity index (χ2n) is 10.6. The van der Waals surface area contributed by atoms with Crippen LogP contribution in [0.15, 0.2) is 28.7 Å². The fraction of sp³-hybridized carbons (Fsp3) is 0.500. The molecule has 1 aromatic heterocycles. The molecule has 4 rings (SSSR count). The van der Waals surface area contributed by atoms with Gasteiger partial charge in [0.15, 0.2) is 17.5 Å². The molecule has 0 bridgehead atoms. The van der Waals surface area contributed by atoms with Crippen molar-refractivity contribution in [1.29, 1.82) is 0 Å². The molecule has 2 aliphatic rings. The van der Waals surface area contributed by atoms with E-state index in [2.05, 4.69) is 32.9 Å². The summed E-state index contributed by atoms with van der Waals surface area (Å²) in [5, 5.41) is 8.53. The van der Waals surface area contributed by atoms with Gasteiger partial charge in [0.1, 0.15) is 30.6 Å². The summed E-state index contributed by atoms with van der Waals surface area (Å²) in [7, 11) is -2.72. The number of benzene rings is 1. The molecule has 17 heteroatoms. The zero-order chi connectivity index (χ0) is 30.0. The molecule has 6 N–H and O–H groups in total. The predicted octanol–water partition coefficient (Wildman–Crippen LogP) is -0.174. The van der Waals surface area contributed by atoms with Crippen molar-refractivity contribution in [2.45, 2.75) is 38.4 Å². The number of carbonyl (C=O) groups is 2. The molecule has 0 radical (unpaired) electrons. The Morgan fingerprint density at radius 2 is 2.10 bits per heavy atom. The fourth-order valence-corrected chi connectivity index (χ4v) is 5.79. The van der Waals surface area contributed by atoms with Gasteiger partial charge < -0.3 is 30.8 Å². The minimum Gasteiger partial charge on any atom is -0.490 e. The maximum Gasteiger partial charge on any atom is 0.418 e. The fourth-order valence-electron chi connectivity index (χ4n) is 4.79. The van der Waals surface area contributed by atoms with Gasteiger partial charge in [0.05, 0.1) is 25.7 Å². The van der Waals surface area contributed by atoms with Crippen LogP contribution in [0.25, 0.3) is 0 Å². The lowest BCUT2D eigenvalue weighted by Gasteiger charge is -2.50. The van der Waals surface area contributed by atoms with Crippen LogP contribution < -0.4 is 21.5 Å². The van der Waals surface area contributed by atoms with Gasteiger partial charge in [-0.1, -0.05) is 5.16 Å². The van der Waals surface area contributed by atoms with Gasteiger partial charge in [0.25, 0.3) is 11.8 Å². The SMILES string of the molecule is CC1(C)[C@H](NC(=O)/C(=N\OCCOc2ccc3c(c2)CC[N+](C)(CCN)C3)c2csc(N)n2)C(=O)N1OS(=O)(=O)O. The zero-order valence-electron chi connectivity index (χ0n) is 22.9. The van der Waals surface area contributed by atoms with E-state index in [1.807, 2.05) is 12.1 Å². The zero-order valence-corrected chi connectivity index (χ0v) is 24.5. The number of oxime groups is 1. The molecule has 1 unspecified atom stereocenters. The number of anilines is 1. The first-order chi connectivity index (χ1) is 19.2. The highest BCUT2D eigenvalue weighted by molar-refractivity contribution is 7.80. The van der Waals surface area contributed by atoms with Crippen molar-refractivity contribution >= 4 is 44.4 Å². The Hall–Kier alpha value is -3.35. The summed E-state index contributed by atoms with van der Waals surface area (Å²) < 4.78 is 42.0. The van der Waals surface area contributed by atoms with Crippen LogP contribution >= 0.6 is 11.3 Å². The van der Waals surface area contributed by atoms with Gasteiger partial charge >= 0.3 is 10.4 Å². The van der Waals surface area contributed by atoms with Gasteiger partial charge in [-0.3, -0.25) is 14.1 Å². The number of rotatable bonds is 12. The highest BCUT2D eigenvalue weighted by Gasteiger charge is 2.58. The Kier molecular flexibility index (Phi) is 8.86. The Balaban J connectivity index is 1.36. The van der Waals surface area contributed by atoms with E-state index in [-0.39, 0.29) is 29.8 Å². The monoisotopic (exact) mass is 612 g/mol. The Labute approximate surface area is 241 Å². The number of ether oxygens (including phenoxy) is 1. The van der Waals surface area contributed by atoms with Gasteiger partial charge in [0, 0.05) is 23.9 Å². The third-order valence-electron chi connectivity index (χ3n) is 7.02. The molecule has 2 atom stereocenters. The number of aromatic nitrogens is 1. The summed E-state index contributed by atoms with van der Waals surface area (Å²) >= 11 is 1.08. The van der Waals surface area contributed by atoms with Crippen molar-refractivity contribution in [2.75, 3.05) is 45.6 Å². The Morgan fingerprint density at radius 1 is 1.34 bits per heavy atom. The topological polar surface area (TPSA) is 209 Å². The number of nitrogens with zero attached hydrogens (tertiary/aromatic N) is 4. The number of nitrogens with one attached hydrogen (secondary N) is 1. The number of thiazole rings is 1. The highest BCUT2D eigenvalue weighted by atomic mass is 32.3. The van der Waals surface area contributed by atoms with Gasteiger partial charge in [-0.05, 0) is 37.6 Å². The smallest absolute Gasteiger partial charge is 0.418 e. The van der Waals surface area contributed by atoms with E-state index < -0.39 is 33.8 Å². The maximum atomic E-state index is 13.1. The molecule has 0 spiro atoms. The van der Waals surface area contributed by atoms with E-state index in [4.69, 9.17) is 25.6 Å². The van der Waals surface area contributed by atoms with Crippen molar-refractivity contribution in [2.24, 2.45) is 10.9 Å². The van der Waals surface area contributed by atoms with Crippen molar-refractivity contribution in [3.63, 3.8) is 0 Å². The van der Waals surface area contributed by atoms with Crippen LogP contribution in [0.4, 0.5) is 5.13 Å². The highest BCUT2D eigenvalue weighted by Crippen LogP contribution is 2.33. The first kappa shape index (κ1) is 30.6. The van der Waals surface area contributed by atoms with E-state index in [1.165, 1.54) is 30.4 Å². The standard InChI is InChI=1S/C24H33N7O8S2/c1-24(2)20(22(33)30(24)39-41(34,35)36)28-21(32)19(18-14-40-23(26)27-18)29-38-11-10-37-17-5-4-16-13-31(3,9-7-25)8-6-15(16)12-17/h4-5,12,14,20H,6-11,13,25H2,1-3H3,(H3-,26,27,28,32,34,35,36)/p+1/b29-19-/t20-,31?/m1/s1. The van der Waals surface area contributed by atoms with E-state index in [0.717, 1.165) is 41.9 Å². The van der Waals surface area contributed by atoms with E-state index in [0.29, 0.717) is 17.4 Å². The Morgan fingerprint density at radius 3 is 2.73 bits per heavy atom. The number of hydrogen-bond donors (Lipinski definition) is 4. The minimum absolute atomic E-state index is 0.00275. The molecular formula is C24H34N7O8S2+.